The van der Waals surface area contributed by atoms with Crippen molar-refractivity contribution in [1.82, 2.24) is 15.0 Å². The molecule has 2 heterocycles. The Balaban J connectivity index is 1.90. The highest BCUT2D eigenvalue weighted by atomic mass is 32.1. The second-order valence-corrected chi connectivity index (χ2v) is 6.20. The third-order valence-electron chi connectivity index (χ3n) is 3.26. The Morgan fingerprint density at radius 1 is 1.32 bits per heavy atom. The van der Waals surface area contributed by atoms with Crippen molar-refractivity contribution in [1.29, 1.82) is 0 Å². The number of nitrogens with one attached hydrogen (secondary N) is 1. The average molecular weight is 359 g/mol. The lowest BCUT2D eigenvalue weighted by molar-refractivity contribution is -0.114. The number of amides is 1. The molecule has 9 heteroatoms. The predicted molar refractivity (Wildman–Crippen MR) is 96.7 cm³/mol. The minimum Gasteiger partial charge on any atom is -0.473 e. The summed E-state index contributed by atoms with van der Waals surface area (Å²) in [5, 5.41) is 3.25. The van der Waals surface area contributed by atoms with E-state index in [1.807, 2.05) is 18.2 Å². The zero-order valence-electron chi connectivity index (χ0n) is 13.8. The molecule has 0 aliphatic rings. The van der Waals surface area contributed by atoms with Crippen LogP contribution in [0.25, 0.3) is 21.5 Å². The van der Waals surface area contributed by atoms with E-state index >= 15 is 0 Å². The summed E-state index contributed by atoms with van der Waals surface area (Å²) in [6, 6.07) is 5.70. The van der Waals surface area contributed by atoms with Crippen molar-refractivity contribution in [2.75, 3.05) is 31.4 Å². The van der Waals surface area contributed by atoms with Gasteiger partial charge in [0.25, 0.3) is 5.88 Å². The maximum atomic E-state index is 11.2. The number of aromatic nitrogens is 3. The summed E-state index contributed by atoms with van der Waals surface area (Å²) < 4.78 is 11.4. The van der Waals surface area contributed by atoms with Crippen LogP contribution < -0.4 is 15.8 Å². The standard InChI is InChI=1S/C16H17N5O3S/c1-9(22)19-16-21-11-4-3-10(7-13(11)25-16)12-8-18-14(17)15(20-12)24-6-5-23-2/h3-4,7-8H,5-6H2,1-2H3,(H2,17,18)(H,19,21,22). The first-order valence-corrected chi connectivity index (χ1v) is 8.31. The maximum absolute atomic E-state index is 11.2. The molecular weight excluding hydrogens is 342 g/mol. The first-order chi connectivity index (χ1) is 12.1. The van der Waals surface area contributed by atoms with Crippen molar-refractivity contribution in [3.05, 3.63) is 24.4 Å². The fourth-order valence-corrected chi connectivity index (χ4v) is 3.09. The fourth-order valence-electron chi connectivity index (χ4n) is 2.14. The average Bonchev–Trinajstić information content (AvgIpc) is 2.97. The number of ether oxygens (including phenoxy) is 2. The molecule has 25 heavy (non-hydrogen) atoms. The predicted octanol–water partition coefficient (Wildman–Crippen LogP) is 2.32. The van der Waals surface area contributed by atoms with Gasteiger partial charge in [-0.1, -0.05) is 17.4 Å². The number of nitrogen functional groups attached to an aromatic ring is 1. The number of methoxy groups -OCH3 is 1. The van der Waals surface area contributed by atoms with Gasteiger partial charge in [0, 0.05) is 19.6 Å². The highest BCUT2D eigenvalue weighted by Gasteiger charge is 2.11. The number of hydrogen-bond acceptors (Lipinski definition) is 8. The molecule has 2 aromatic heterocycles. The van der Waals surface area contributed by atoms with Crippen molar-refractivity contribution in [3.8, 4) is 17.1 Å². The van der Waals surface area contributed by atoms with Gasteiger partial charge in [0.15, 0.2) is 10.9 Å². The number of benzene rings is 1. The SMILES string of the molecule is COCCOc1nc(-c2ccc3nc(NC(C)=O)sc3c2)cnc1N. The zero-order valence-corrected chi connectivity index (χ0v) is 14.6. The fraction of sp³-hybridized carbons (Fsp3) is 0.250. The van der Waals surface area contributed by atoms with E-state index in [1.165, 1.54) is 18.3 Å². The van der Waals surface area contributed by atoms with Crippen molar-refractivity contribution >= 4 is 38.4 Å². The van der Waals surface area contributed by atoms with E-state index < -0.39 is 0 Å². The maximum Gasteiger partial charge on any atom is 0.257 e. The third-order valence-corrected chi connectivity index (χ3v) is 4.19. The van der Waals surface area contributed by atoms with Crippen molar-refractivity contribution in [2.45, 2.75) is 6.92 Å². The minimum absolute atomic E-state index is 0.151. The van der Waals surface area contributed by atoms with E-state index in [0.29, 0.717) is 24.0 Å². The minimum atomic E-state index is -0.151. The molecule has 1 amide bonds. The monoisotopic (exact) mass is 359 g/mol. The summed E-state index contributed by atoms with van der Waals surface area (Å²) in [5.74, 6) is 0.353. The first-order valence-electron chi connectivity index (χ1n) is 7.49. The molecule has 0 radical (unpaired) electrons. The summed E-state index contributed by atoms with van der Waals surface area (Å²) in [6.45, 7) is 2.23. The van der Waals surface area contributed by atoms with E-state index in [4.69, 9.17) is 15.2 Å². The molecule has 3 N–H and O–H groups in total. The zero-order chi connectivity index (χ0) is 17.8. The lowest BCUT2D eigenvalue weighted by Gasteiger charge is -2.08. The largest absolute Gasteiger partial charge is 0.473 e. The Labute approximate surface area is 148 Å². The van der Waals surface area contributed by atoms with Crippen LogP contribution in [0.4, 0.5) is 10.9 Å². The second-order valence-electron chi connectivity index (χ2n) is 5.17. The van der Waals surface area contributed by atoms with Gasteiger partial charge < -0.3 is 20.5 Å². The van der Waals surface area contributed by atoms with E-state index in [9.17, 15) is 4.79 Å². The van der Waals surface area contributed by atoms with Gasteiger partial charge in [0.1, 0.15) is 6.61 Å². The van der Waals surface area contributed by atoms with Crippen molar-refractivity contribution < 1.29 is 14.3 Å². The van der Waals surface area contributed by atoms with Gasteiger partial charge in [-0.05, 0) is 12.1 Å². The van der Waals surface area contributed by atoms with E-state index in [0.717, 1.165) is 15.8 Å². The molecule has 130 valence electrons. The normalized spacial score (nSPS) is 10.8. The van der Waals surface area contributed by atoms with E-state index in [1.54, 1.807) is 13.3 Å². The van der Waals surface area contributed by atoms with Crippen LogP contribution in [0, 0.1) is 0 Å². The molecule has 0 fully saturated rings. The molecule has 0 saturated carbocycles. The van der Waals surface area contributed by atoms with Gasteiger partial charge in [0.05, 0.1) is 28.7 Å². The number of fused-ring (bicyclic) bond motifs is 1. The number of nitrogens with zero attached hydrogens (tertiary/aromatic N) is 3. The quantitative estimate of drug-likeness (QED) is 0.649. The summed E-state index contributed by atoms with van der Waals surface area (Å²) >= 11 is 1.39. The Morgan fingerprint density at radius 3 is 2.92 bits per heavy atom. The van der Waals surface area contributed by atoms with Gasteiger partial charge in [-0.25, -0.2) is 15.0 Å². The number of carbonyl (C=O) groups excluding carboxylic acids is 1. The Morgan fingerprint density at radius 2 is 2.16 bits per heavy atom. The van der Waals surface area contributed by atoms with Crippen LogP contribution in [0.1, 0.15) is 6.92 Å². The molecule has 3 rings (SSSR count). The molecule has 0 spiro atoms. The van der Waals surface area contributed by atoms with Gasteiger partial charge in [-0.2, -0.15) is 0 Å². The number of carbonyl (C=O) groups is 1. The molecule has 1 aromatic carbocycles. The highest BCUT2D eigenvalue weighted by molar-refractivity contribution is 7.22. The van der Waals surface area contributed by atoms with Gasteiger partial charge in [0.2, 0.25) is 5.91 Å². The molecule has 3 aromatic rings. The summed E-state index contributed by atoms with van der Waals surface area (Å²) in [5.41, 5.74) is 8.10. The molecular formula is C16H17N5O3S. The van der Waals surface area contributed by atoms with E-state index in [2.05, 4.69) is 20.3 Å². The molecule has 8 nitrogen and oxygen atoms in total. The number of thiazole rings is 1. The summed E-state index contributed by atoms with van der Waals surface area (Å²) in [4.78, 5) is 24.1. The lowest BCUT2D eigenvalue weighted by atomic mass is 10.1. The Bertz CT molecular complexity index is 912. The van der Waals surface area contributed by atoms with Crippen LogP contribution in [0.5, 0.6) is 5.88 Å². The molecule has 0 unspecified atom stereocenters. The van der Waals surface area contributed by atoms with Gasteiger partial charge in [-0.3, -0.25) is 4.79 Å². The number of rotatable bonds is 6. The smallest absolute Gasteiger partial charge is 0.257 e. The van der Waals surface area contributed by atoms with Crippen LogP contribution in [-0.4, -0.2) is 41.2 Å². The van der Waals surface area contributed by atoms with Crippen LogP contribution in [0.15, 0.2) is 24.4 Å². The summed E-state index contributed by atoms with van der Waals surface area (Å²) in [7, 11) is 1.59. The topological polar surface area (TPSA) is 112 Å². The molecule has 0 bridgehead atoms. The highest BCUT2D eigenvalue weighted by Crippen LogP contribution is 2.30. The van der Waals surface area contributed by atoms with Crippen molar-refractivity contribution in [2.24, 2.45) is 0 Å². The molecule has 0 aliphatic heterocycles. The van der Waals surface area contributed by atoms with Crippen LogP contribution in [0.2, 0.25) is 0 Å². The van der Waals surface area contributed by atoms with Crippen LogP contribution in [-0.2, 0) is 9.53 Å². The lowest BCUT2D eigenvalue weighted by Crippen LogP contribution is -2.08. The van der Waals surface area contributed by atoms with Gasteiger partial charge in [-0.15, -0.1) is 0 Å². The molecule has 0 saturated heterocycles. The van der Waals surface area contributed by atoms with E-state index in [-0.39, 0.29) is 17.6 Å². The number of nitrogens with two attached hydrogens (primary N) is 1. The van der Waals surface area contributed by atoms with Crippen LogP contribution >= 0.6 is 11.3 Å². The second kappa shape index (κ2) is 7.41. The first kappa shape index (κ1) is 17.1. The van der Waals surface area contributed by atoms with Crippen LogP contribution in [0.3, 0.4) is 0 Å². The van der Waals surface area contributed by atoms with Crippen molar-refractivity contribution in [3.63, 3.8) is 0 Å². The number of anilines is 2. The summed E-state index contributed by atoms with van der Waals surface area (Å²) in [6.07, 6.45) is 1.59. The Kier molecular flexibility index (Phi) is 5.05. The molecule has 0 atom stereocenters. The number of hydrogen-bond donors (Lipinski definition) is 2. The third kappa shape index (κ3) is 4.01. The van der Waals surface area contributed by atoms with Gasteiger partial charge >= 0.3 is 0 Å². The molecule has 0 aliphatic carbocycles. The Hall–Kier alpha value is -2.78.